The molecule has 1 atom stereocenters. The largest absolute Gasteiger partial charge is 0.491 e. The van der Waals surface area contributed by atoms with Crippen molar-refractivity contribution in [3.63, 3.8) is 0 Å². The maximum Gasteiger partial charge on any atom is 0.264 e. The Bertz CT molecular complexity index is 1150. The molecule has 1 unspecified atom stereocenters. The highest BCUT2D eigenvalue weighted by atomic mass is 32.2. The molecule has 3 aromatic carbocycles. The fourth-order valence-electron chi connectivity index (χ4n) is 3.17. The van der Waals surface area contributed by atoms with E-state index in [9.17, 15) is 13.2 Å². The van der Waals surface area contributed by atoms with Gasteiger partial charge in [-0.2, -0.15) is 0 Å². The van der Waals surface area contributed by atoms with Crippen LogP contribution in [0.5, 0.6) is 5.75 Å². The third-order valence-corrected chi connectivity index (χ3v) is 6.72. The van der Waals surface area contributed by atoms with Gasteiger partial charge in [0.25, 0.3) is 10.0 Å². The maximum absolute atomic E-state index is 13.3. The predicted molar refractivity (Wildman–Crippen MR) is 126 cm³/mol. The first-order chi connectivity index (χ1) is 15.3. The van der Waals surface area contributed by atoms with Crippen LogP contribution in [0.1, 0.15) is 18.1 Å². The molecule has 168 valence electrons. The summed E-state index contributed by atoms with van der Waals surface area (Å²) in [6, 6.07) is 22.5. The van der Waals surface area contributed by atoms with Gasteiger partial charge in [-0.1, -0.05) is 54.1 Å². The van der Waals surface area contributed by atoms with Crippen LogP contribution in [-0.4, -0.2) is 33.5 Å². The molecule has 32 heavy (non-hydrogen) atoms. The number of sulfonamides is 1. The minimum absolute atomic E-state index is 0.129. The Morgan fingerprint density at radius 3 is 2.22 bits per heavy atom. The van der Waals surface area contributed by atoms with E-state index < -0.39 is 15.9 Å². The number of para-hydroxylation sites is 1. The Morgan fingerprint density at radius 2 is 1.56 bits per heavy atom. The van der Waals surface area contributed by atoms with Crippen LogP contribution in [0.4, 0.5) is 5.69 Å². The zero-order valence-electron chi connectivity index (χ0n) is 18.5. The van der Waals surface area contributed by atoms with Crippen LogP contribution in [0, 0.1) is 13.8 Å². The smallest absolute Gasteiger partial charge is 0.264 e. The molecular formula is C25H28N2O4S. The summed E-state index contributed by atoms with van der Waals surface area (Å²) in [5.41, 5.74) is 2.43. The zero-order valence-corrected chi connectivity index (χ0v) is 19.3. The summed E-state index contributed by atoms with van der Waals surface area (Å²) >= 11 is 0. The number of hydrogen-bond donors (Lipinski definition) is 1. The van der Waals surface area contributed by atoms with Gasteiger partial charge in [-0.3, -0.25) is 9.10 Å². The standard InChI is InChI=1S/C25H28N2O4S/c1-19-13-15-22(16-14-19)27(32(29,30)23-10-5-4-6-11-23)17-25(28)26-21(3)18-31-24-12-8-7-9-20(24)2/h4-16,21H,17-18H2,1-3H3,(H,26,28). The number of rotatable bonds is 9. The second-order valence-electron chi connectivity index (χ2n) is 7.71. The van der Waals surface area contributed by atoms with E-state index in [4.69, 9.17) is 4.74 Å². The monoisotopic (exact) mass is 452 g/mol. The molecule has 0 aliphatic rings. The fraction of sp³-hybridized carbons (Fsp3) is 0.240. The molecule has 3 aromatic rings. The number of hydrogen-bond acceptors (Lipinski definition) is 4. The van der Waals surface area contributed by atoms with E-state index in [0.29, 0.717) is 5.69 Å². The molecule has 0 aromatic heterocycles. The summed E-state index contributed by atoms with van der Waals surface area (Å²) in [4.78, 5) is 12.9. The number of ether oxygens (including phenoxy) is 1. The van der Waals surface area contributed by atoms with Gasteiger partial charge in [-0.05, 0) is 56.7 Å². The molecule has 0 aliphatic heterocycles. The van der Waals surface area contributed by atoms with Gasteiger partial charge in [0.05, 0.1) is 16.6 Å². The number of nitrogens with zero attached hydrogens (tertiary/aromatic N) is 1. The quantitative estimate of drug-likeness (QED) is 0.531. The van der Waals surface area contributed by atoms with E-state index >= 15 is 0 Å². The molecule has 6 nitrogen and oxygen atoms in total. The summed E-state index contributed by atoms with van der Waals surface area (Å²) in [6.07, 6.45) is 0. The molecule has 0 fully saturated rings. The van der Waals surface area contributed by atoms with Gasteiger partial charge in [0, 0.05) is 0 Å². The number of carbonyl (C=O) groups is 1. The van der Waals surface area contributed by atoms with Gasteiger partial charge in [0.1, 0.15) is 18.9 Å². The Balaban J connectivity index is 1.73. The third kappa shape index (κ3) is 5.88. The normalized spacial score (nSPS) is 12.1. The summed E-state index contributed by atoms with van der Waals surface area (Å²) < 4.78 is 33.5. The molecule has 0 saturated carbocycles. The highest BCUT2D eigenvalue weighted by Crippen LogP contribution is 2.24. The van der Waals surface area contributed by atoms with Crippen molar-refractivity contribution < 1.29 is 17.9 Å². The summed E-state index contributed by atoms with van der Waals surface area (Å²) in [7, 11) is -3.92. The van der Waals surface area contributed by atoms with E-state index in [1.807, 2.05) is 57.2 Å². The molecular weight excluding hydrogens is 424 g/mol. The predicted octanol–water partition coefficient (Wildman–Crippen LogP) is 4.08. The van der Waals surface area contributed by atoms with Crippen LogP contribution in [0.3, 0.4) is 0 Å². The molecule has 0 heterocycles. The zero-order chi connectivity index (χ0) is 23.1. The number of carbonyl (C=O) groups excluding carboxylic acids is 1. The first-order valence-electron chi connectivity index (χ1n) is 10.4. The molecule has 0 radical (unpaired) electrons. The summed E-state index contributed by atoms with van der Waals surface area (Å²) in [6.45, 7) is 5.62. The van der Waals surface area contributed by atoms with Crippen molar-refractivity contribution in [2.45, 2.75) is 31.7 Å². The van der Waals surface area contributed by atoms with Gasteiger partial charge in [-0.15, -0.1) is 0 Å². The van der Waals surface area contributed by atoms with Gasteiger partial charge < -0.3 is 10.1 Å². The lowest BCUT2D eigenvalue weighted by Crippen LogP contribution is -2.45. The average molecular weight is 453 g/mol. The first kappa shape index (κ1) is 23.3. The van der Waals surface area contributed by atoms with Gasteiger partial charge in [0.15, 0.2) is 0 Å². The Hall–Kier alpha value is -3.32. The van der Waals surface area contributed by atoms with Crippen LogP contribution < -0.4 is 14.4 Å². The summed E-state index contributed by atoms with van der Waals surface area (Å²) in [5.74, 6) is 0.340. The second-order valence-corrected chi connectivity index (χ2v) is 9.57. The Labute approximate surface area is 189 Å². The second kappa shape index (κ2) is 10.3. The first-order valence-corrected chi connectivity index (χ1v) is 11.8. The van der Waals surface area contributed by atoms with Crippen molar-refractivity contribution in [1.82, 2.24) is 5.32 Å². The minimum Gasteiger partial charge on any atom is -0.491 e. The molecule has 0 spiro atoms. The van der Waals surface area contributed by atoms with E-state index in [1.54, 1.807) is 30.3 Å². The van der Waals surface area contributed by atoms with Crippen LogP contribution in [0.2, 0.25) is 0 Å². The van der Waals surface area contributed by atoms with Gasteiger partial charge in [-0.25, -0.2) is 8.42 Å². The van der Waals surface area contributed by atoms with E-state index in [0.717, 1.165) is 21.2 Å². The third-order valence-electron chi connectivity index (χ3n) is 4.93. The van der Waals surface area contributed by atoms with E-state index in [2.05, 4.69) is 5.32 Å². The lowest BCUT2D eigenvalue weighted by atomic mass is 10.2. The van der Waals surface area contributed by atoms with Crippen molar-refractivity contribution >= 4 is 21.6 Å². The molecule has 0 bridgehead atoms. The molecule has 0 saturated heterocycles. The molecule has 1 N–H and O–H groups in total. The Morgan fingerprint density at radius 1 is 0.938 bits per heavy atom. The van der Waals surface area contributed by atoms with Crippen molar-refractivity contribution in [3.8, 4) is 5.75 Å². The highest BCUT2D eigenvalue weighted by Gasteiger charge is 2.27. The lowest BCUT2D eigenvalue weighted by Gasteiger charge is -2.25. The number of benzene rings is 3. The molecule has 0 aliphatic carbocycles. The van der Waals surface area contributed by atoms with Gasteiger partial charge in [0.2, 0.25) is 5.91 Å². The molecule has 3 rings (SSSR count). The SMILES string of the molecule is Cc1ccc(N(CC(=O)NC(C)COc2ccccc2C)S(=O)(=O)c2ccccc2)cc1. The number of nitrogens with one attached hydrogen (secondary N) is 1. The van der Waals surface area contributed by atoms with Crippen LogP contribution in [-0.2, 0) is 14.8 Å². The van der Waals surface area contributed by atoms with Crippen LogP contribution >= 0.6 is 0 Å². The van der Waals surface area contributed by atoms with Crippen molar-refractivity contribution in [1.29, 1.82) is 0 Å². The topological polar surface area (TPSA) is 75.7 Å². The highest BCUT2D eigenvalue weighted by molar-refractivity contribution is 7.92. The Kier molecular flexibility index (Phi) is 7.53. The van der Waals surface area contributed by atoms with Crippen molar-refractivity contribution in [3.05, 3.63) is 90.0 Å². The van der Waals surface area contributed by atoms with Crippen LogP contribution in [0.25, 0.3) is 0 Å². The van der Waals surface area contributed by atoms with Gasteiger partial charge >= 0.3 is 0 Å². The number of amides is 1. The van der Waals surface area contributed by atoms with E-state index in [-0.39, 0.29) is 24.1 Å². The minimum atomic E-state index is -3.92. The number of aryl methyl sites for hydroxylation is 2. The van der Waals surface area contributed by atoms with Crippen molar-refractivity contribution in [2.24, 2.45) is 0 Å². The molecule has 7 heteroatoms. The lowest BCUT2D eigenvalue weighted by molar-refractivity contribution is -0.120. The summed E-state index contributed by atoms with van der Waals surface area (Å²) in [5, 5.41) is 2.83. The molecule has 1 amide bonds. The number of anilines is 1. The van der Waals surface area contributed by atoms with Crippen LogP contribution in [0.15, 0.2) is 83.8 Å². The van der Waals surface area contributed by atoms with E-state index in [1.165, 1.54) is 12.1 Å². The van der Waals surface area contributed by atoms with Crippen molar-refractivity contribution in [2.75, 3.05) is 17.5 Å². The average Bonchev–Trinajstić information content (AvgIpc) is 2.78. The maximum atomic E-state index is 13.3. The fourth-order valence-corrected chi connectivity index (χ4v) is 4.61.